The average Bonchev–Trinajstić information content (AvgIpc) is 2.17. The molecule has 4 heteroatoms. The van der Waals surface area contributed by atoms with Crippen molar-refractivity contribution in [2.75, 3.05) is 27.2 Å². The second-order valence-electron chi connectivity index (χ2n) is 3.80. The van der Waals surface area contributed by atoms with Crippen LogP contribution in [0.15, 0.2) is 12.2 Å². The number of carbonyl (C=O) groups excluding carboxylic acids is 1. The molecule has 4 nitrogen and oxygen atoms in total. The van der Waals surface area contributed by atoms with E-state index >= 15 is 0 Å². The highest BCUT2D eigenvalue weighted by Crippen LogP contribution is 2.04. The molecule has 0 heterocycles. The Bertz CT molecular complexity index is 266. The first-order chi connectivity index (χ1) is 6.97. The molecule has 0 bridgehead atoms. The molecule has 0 saturated carbocycles. The molecule has 0 aliphatic heterocycles. The molecule has 0 rings (SSSR count). The second kappa shape index (κ2) is 7.02. The Morgan fingerprint density at radius 3 is 2.60 bits per heavy atom. The Morgan fingerprint density at radius 2 is 2.20 bits per heavy atom. The summed E-state index contributed by atoms with van der Waals surface area (Å²) in [6, 6.07) is 2.12. The van der Waals surface area contributed by atoms with Gasteiger partial charge in [0.05, 0.1) is 12.0 Å². The van der Waals surface area contributed by atoms with E-state index in [1.165, 1.54) is 0 Å². The summed E-state index contributed by atoms with van der Waals surface area (Å²) in [4.78, 5) is 13.1. The van der Waals surface area contributed by atoms with Crippen molar-refractivity contribution in [2.24, 2.45) is 5.92 Å². The number of hydrogen-bond acceptors (Lipinski definition) is 4. The van der Waals surface area contributed by atoms with E-state index in [2.05, 4.69) is 12.6 Å². The third-order valence-corrected chi connectivity index (χ3v) is 1.87. The third-order valence-electron chi connectivity index (χ3n) is 1.87. The summed E-state index contributed by atoms with van der Waals surface area (Å²) >= 11 is 0. The number of esters is 1. The van der Waals surface area contributed by atoms with Crippen LogP contribution >= 0.6 is 0 Å². The summed E-state index contributed by atoms with van der Waals surface area (Å²) in [6.45, 7) is 6.01. The summed E-state index contributed by atoms with van der Waals surface area (Å²) in [7, 11) is 3.88. The van der Waals surface area contributed by atoms with Crippen LogP contribution in [-0.4, -0.2) is 38.1 Å². The predicted molar refractivity (Wildman–Crippen MR) is 58.0 cm³/mol. The maximum absolute atomic E-state index is 11.1. The van der Waals surface area contributed by atoms with E-state index in [9.17, 15) is 4.79 Å². The first kappa shape index (κ1) is 13.7. The SMILES string of the molecule is C=C(C)C(=O)OCC(C#N)CCN(C)C. The summed E-state index contributed by atoms with van der Waals surface area (Å²) in [5.74, 6) is -0.671. The van der Waals surface area contributed by atoms with E-state index < -0.39 is 5.97 Å². The maximum Gasteiger partial charge on any atom is 0.333 e. The van der Waals surface area contributed by atoms with Gasteiger partial charge in [-0.15, -0.1) is 0 Å². The van der Waals surface area contributed by atoms with Gasteiger partial charge in [0.1, 0.15) is 6.61 Å². The topological polar surface area (TPSA) is 53.3 Å². The highest BCUT2D eigenvalue weighted by atomic mass is 16.5. The van der Waals surface area contributed by atoms with Crippen LogP contribution in [0.4, 0.5) is 0 Å². The van der Waals surface area contributed by atoms with Crippen LogP contribution in [0.3, 0.4) is 0 Å². The number of rotatable bonds is 6. The quantitative estimate of drug-likeness (QED) is 0.488. The van der Waals surface area contributed by atoms with Gasteiger partial charge >= 0.3 is 5.97 Å². The predicted octanol–water partition coefficient (Wildman–Crippen LogP) is 1.20. The summed E-state index contributed by atoms with van der Waals surface area (Å²) in [6.07, 6.45) is 0.701. The molecule has 0 aromatic rings. The van der Waals surface area contributed by atoms with Crippen LogP contribution in [0.2, 0.25) is 0 Å². The highest BCUT2D eigenvalue weighted by Gasteiger charge is 2.11. The zero-order chi connectivity index (χ0) is 11.8. The molecule has 0 aromatic carbocycles. The number of nitrogens with zero attached hydrogens (tertiary/aromatic N) is 2. The van der Waals surface area contributed by atoms with Gasteiger partial charge in [0.2, 0.25) is 0 Å². The lowest BCUT2D eigenvalue weighted by atomic mass is 10.1. The lowest BCUT2D eigenvalue weighted by Gasteiger charge is -2.13. The van der Waals surface area contributed by atoms with Gasteiger partial charge in [-0.05, 0) is 34.0 Å². The first-order valence-electron chi connectivity index (χ1n) is 4.84. The van der Waals surface area contributed by atoms with E-state index in [1.807, 2.05) is 19.0 Å². The van der Waals surface area contributed by atoms with Crippen LogP contribution in [0.25, 0.3) is 0 Å². The molecule has 0 aliphatic rings. The lowest BCUT2D eigenvalue weighted by molar-refractivity contribution is -0.139. The fourth-order valence-electron chi connectivity index (χ4n) is 0.899. The van der Waals surface area contributed by atoms with Gasteiger partial charge in [0, 0.05) is 5.57 Å². The van der Waals surface area contributed by atoms with E-state index in [1.54, 1.807) is 6.92 Å². The van der Waals surface area contributed by atoms with Crippen molar-refractivity contribution in [1.29, 1.82) is 5.26 Å². The minimum absolute atomic E-state index is 0.149. The Hall–Kier alpha value is -1.34. The number of nitriles is 1. The van der Waals surface area contributed by atoms with Crippen molar-refractivity contribution in [2.45, 2.75) is 13.3 Å². The van der Waals surface area contributed by atoms with Crippen LogP contribution in [0, 0.1) is 17.2 Å². The number of ether oxygens (including phenoxy) is 1. The molecule has 1 atom stereocenters. The fourth-order valence-corrected chi connectivity index (χ4v) is 0.899. The second-order valence-corrected chi connectivity index (χ2v) is 3.80. The minimum atomic E-state index is -0.430. The van der Waals surface area contributed by atoms with Crippen molar-refractivity contribution in [3.05, 3.63) is 12.2 Å². The summed E-state index contributed by atoms with van der Waals surface area (Å²) < 4.78 is 4.91. The van der Waals surface area contributed by atoms with Crippen molar-refractivity contribution in [3.63, 3.8) is 0 Å². The van der Waals surface area contributed by atoms with Gasteiger partial charge < -0.3 is 9.64 Å². The van der Waals surface area contributed by atoms with E-state index in [4.69, 9.17) is 10.00 Å². The van der Waals surface area contributed by atoms with Gasteiger partial charge in [-0.3, -0.25) is 0 Å². The normalized spacial score (nSPS) is 11.9. The Morgan fingerprint density at radius 1 is 1.60 bits per heavy atom. The smallest absolute Gasteiger partial charge is 0.333 e. The van der Waals surface area contributed by atoms with Crippen LogP contribution in [0.5, 0.6) is 0 Å². The first-order valence-corrected chi connectivity index (χ1v) is 4.84. The maximum atomic E-state index is 11.1. The molecule has 0 saturated heterocycles. The zero-order valence-electron chi connectivity index (χ0n) is 9.62. The van der Waals surface area contributed by atoms with E-state index in [-0.39, 0.29) is 12.5 Å². The van der Waals surface area contributed by atoms with Gasteiger partial charge in [-0.2, -0.15) is 5.26 Å². The fraction of sp³-hybridized carbons (Fsp3) is 0.636. The van der Waals surface area contributed by atoms with Gasteiger partial charge in [0.25, 0.3) is 0 Å². The van der Waals surface area contributed by atoms with E-state index in [0.29, 0.717) is 12.0 Å². The van der Waals surface area contributed by atoms with Crippen molar-refractivity contribution in [3.8, 4) is 6.07 Å². The zero-order valence-corrected chi connectivity index (χ0v) is 9.62. The molecule has 0 N–H and O–H groups in total. The molecule has 1 unspecified atom stereocenters. The van der Waals surface area contributed by atoms with Crippen molar-refractivity contribution in [1.82, 2.24) is 4.90 Å². The molecule has 84 valence electrons. The Kier molecular flexibility index (Phi) is 6.39. The molecule has 0 aromatic heterocycles. The van der Waals surface area contributed by atoms with Crippen LogP contribution in [0.1, 0.15) is 13.3 Å². The summed E-state index contributed by atoms with van der Waals surface area (Å²) in [5.41, 5.74) is 0.360. The van der Waals surface area contributed by atoms with Gasteiger partial charge in [-0.1, -0.05) is 6.58 Å². The standard InChI is InChI=1S/C11H18N2O2/c1-9(2)11(14)15-8-10(7-12)5-6-13(3)4/h10H,1,5-6,8H2,2-4H3. The van der Waals surface area contributed by atoms with Gasteiger partial charge in [-0.25, -0.2) is 4.79 Å². The summed E-state index contributed by atoms with van der Waals surface area (Å²) in [5, 5.41) is 8.81. The van der Waals surface area contributed by atoms with E-state index in [0.717, 1.165) is 6.54 Å². The molecule has 15 heavy (non-hydrogen) atoms. The van der Waals surface area contributed by atoms with Crippen LogP contribution < -0.4 is 0 Å². The minimum Gasteiger partial charge on any atom is -0.461 e. The van der Waals surface area contributed by atoms with Crippen molar-refractivity contribution < 1.29 is 9.53 Å². The monoisotopic (exact) mass is 210 g/mol. The highest BCUT2D eigenvalue weighted by molar-refractivity contribution is 5.86. The van der Waals surface area contributed by atoms with Crippen molar-refractivity contribution >= 4 is 5.97 Å². The Balaban J connectivity index is 3.86. The number of carbonyl (C=O) groups is 1. The third kappa shape index (κ3) is 6.69. The lowest BCUT2D eigenvalue weighted by Crippen LogP contribution is -2.20. The Labute approximate surface area is 91.1 Å². The number of hydrogen-bond donors (Lipinski definition) is 0. The molecule has 0 amide bonds. The molecule has 0 radical (unpaired) electrons. The molecule has 0 fully saturated rings. The molecule has 0 aliphatic carbocycles. The average molecular weight is 210 g/mol. The molecular formula is C11H18N2O2. The molecule has 0 spiro atoms. The molecular weight excluding hydrogens is 192 g/mol. The largest absolute Gasteiger partial charge is 0.461 e. The van der Waals surface area contributed by atoms with Gasteiger partial charge in [0.15, 0.2) is 0 Å². The van der Waals surface area contributed by atoms with Crippen LogP contribution in [-0.2, 0) is 9.53 Å².